The van der Waals surface area contributed by atoms with Crippen molar-refractivity contribution >= 4 is 0 Å². The van der Waals surface area contributed by atoms with E-state index in [1.54, 1.807) is 0 Å². The Bertz CT molecular complexity index is 74.3. The summed E-state index contributed by atoms with van der Waals surface area (Å²) in [5, 5.41) is 8.39. The minimum absolute atomic E-state index is 0. The maximum Gasteiger partial charge on any atom is 3.00 e. The summed E-state index contributed by atoms with van der Waals surface area (Å²) >= 11 is 0. The van der Waals surface area contributed by atoms with E-state index in [9.17, 15) is 0 Å². The zero-order chi connectivity index (χ0) is 5.91. The zero-order valence-corrected chi connectivity index (χ0v) is 14.5. The summed E-state index contributed by atoms with van der Waals surface area (Å²) in [6.45, 7) is 1.11. The molecular formula is C5H26Cl4CrNO7. The fourth-order valence-electron chi connectivity index (χ4n) is 0.300. The van der Waals surface area contributed by atoms with Crippen molar-refractivity contribution in [3.63, 3.8) is 0 Å². The van der Waals surface area contributed by atoms with Crippen molar-refractivity contribution in [2.24, 2.45) is 0 Å². The molecule has 0 saturated heterocycles. The van der Waals surface area contributed by atoms with Crippen LogP contribution in [-0.2, 0) is 17.4 Å². The van der Waals surface area contributed by atoms with E-state index in [0.717, 1.165) is 11.0 Å². The molecule has 13 N–H and O–H groups in total. The van der Waals surface area contributed by atoms with Crippen molar-refractivity contribution in [1.82, 2.24) is 0 Å². The van der Waals surface area contributed by atoms with E-state index in [2.05, 4.69) is 21.1 Å². The van der Waals surface area contributed by atoms with Gasteiger partial charge in [0.1, 0.15) is 6.54 Å². The molecule has 0 aromatic carbocycles. The number of likely N-dealkylation sites (N-methyl/N-ethyl adjacent to an activating group) is 1. The fraction of sp³-hybridized carbons (Fsp3) is 1.00. The van der Waals surface area contributed by atoms with Crippen LogP contribution in [0.25, 0.3) is 0 Å². The van der Waals surface area contributed by atoms with Crippen molar-refractivity contribution in [2.75, 3.05) is 34.3 Å². The van der Waals surface area contributed by atoms with Crippen molar-refractivity contribution in [2.45, 2.75) is 0 Å². The number of hydrogen-bond donors (Lipinski definition) is 1. The Balaban J connectivity index is -0.00000000327. The van der Waals surface area contributed by atoms with Crippen LogP contribution in [0.3, 0.4) is 0 Å². The monoisotopic (exact) mass is 404 g/mol. The number of aliphatic hydroxyl groups excluding tert-OH is 1. The molecule has 0 atom stereocenters. The number of halogens is 4. The number of aliphatic hydroxyl groups is 1. The third-order valence-corrected chi connectivity index (χ3v) is 0.771. The Hall–Kier alpha value is 1.37. The molecule has 13 heteroatoms. The Kier molecular flexibility index (Phi) is 422. The van der Waals surface area contributed by atoms with Gasteiger partial charge in [-0.3, -0.25) is 0 Å². The molecule has 0 aliphatic heterocycles. The van der Waals surface area contributed by atoms with Crippen LogP contribution in [-0.4, -0.2) is 76.7 Å². The quantitative estimate of drug-likeness (QED) is 0.435. The summed E-state index contributed by atoms with van der Waals surface area (Å²) in [6.07, 6.45) is 0. The number of rotatable bonds is 2. The maximum absolute atomic E-state index is 8.39. The average Bonchev–Trinajstić information content (AvgIpc) is 1.30. The smallest absolute Gasteiger partial charge is 1.00 e. The summed E-state index contributed by atoms with van der Waals surface area (Å²) in [6, 6.07) is 0. The minimum atomic E-state index is 0. The van der Waals surface area contributed by atoms with Crippen LogP contribution in [0.4, 0.5) is 0 Å². The van der Waals surface area contributed by atoms with Crippen LogP contribution in [0.15, 0.2) is 0 Å². The first-order chi connectivity index (χ1) is 3.06. The van der Waals surface area contributed by atoms with Gasteiger partial charge in [0.15, 0.2) is 0 Å². The molecule has 0 rings (SSSR count). The van der Waals surface area contributed by atoms with Gasteiger partial charge in [0.25, 0.3) is 0 Å². The summed E-state index contributed by atoms with van der Waals surface area (Å²) in [7, 11) is 6.16. The molecule has 0 bridgehead atoms. The maximum atomic E-state index is 8.39. The van der Waals surface area contributed by atoms with Crippen molar-refractivity contribution in [3.05, 3.63) is 0 Å². The number of quaternary nitrogens is 1. The van der Waals surface area contributed by atoms with Crippen LogP contribution in [0.1, 0.15) is 0 Å². The molecule has 0 heterocycles. The molecule has 0 aliphatic rings. The standard InChI is InChI=1S/C5H14NO.4ClH.Cr.6H2O/c1-6(2,3)4-5-7;;;;;;;;;;;/h7H,4-5H2,1-3H3;4*1H;;6*1H2/q+1;;;;;+3;;;;;;/p-4. The van der Waals surface area contributed by atoms with Gasteiger partial charge < -0.3 is 92.1 Å². The van der Waals surface area contributed by atoms with E-state index in [0.29, 0.717) is 0 Å². The van der Waals surface area contributed by atoms with Gasteiger partial charge >= 0.3 is 17.4 Å². The normalized spacial score (nSPS) is 4.67. The molecule has 0 amide bonds. The van der Waals surface area contributed by atoms with Crippen LogP contribution in [0.2, 0.25) is 0 Å². The van der Waals surface area contributed by atoms with Gasteiger partial charge in [0.05, 0.1) is 27.7 Å². The molecule has 8 nitrogen and oxygen atoms in total. The molecule has 0 aliphatic carbocycles. The Morgan fingerprint density at radius 2 is 0.833 bits per heavy atom. The molecule has 0 fully saturated rings. The number of hydrogen-bond acceptors (Lipinski definition) is 1. The molecule has 127 valence electrons. The van der Waals surface area contributed by atoms with E-state index >= 15 is 0 Å². The first kappa shape index (κ1) is 120. The second-order valence-electron chi connectivity index (χ2n) is 2.74. The molecule has 0 spiro atoms. The molecule has 18 heavy (non-hydrogen) atoms. The van der Waals surface area contributed by atoms with Crippen LogP contribution >= 0.6 is 0 Å². The SMILES string of the molecule is C[N+](C)(C)CCO.O.O.O.O.O.O.[Cl-].[Cl-].[Cl-].[Cl-].[Cr+3]. The van der Waals surface area contributed by atoms with Gasteiger partial charge in [-0.2, -0.15) is 0 Å². The minimum Gasteiger partial charge on any atom is -1.00 e. The van der Waals surface area contributed by atoms with Gasteiger partial charge in [-0.15, -0.1) is 0 Å². The van der Waals surface area contributed by atoms with Crippen molar-refractivity contribution < 1.29 is 109 Å². The van der Waals surface area contributed by atoms with Gasteiger partial charge in [0.2, 0.25) is 0 Å². The Morgan fingerprint density at radius 3 is 0.833 bits per heavy atom. The summed E-state index contributed by atoms with van der Waals surface area (Å²) in [5.41, 5.74) is 0. The third-order valence-electron chi connectivity index (χ3n) is 0.771. The third kappa shape index (κ3) is 161. The van der Waals surface area contributed by atoms with E-state index in [4.69, 9.17) is 5.11 Å². The predicted molar refractivity (Wildman–Crippen MR) is 51.7 cm³/mol. The first-order valence-corrected chi connectivity index (χ1v) is 2.47. The van der Waals surface area contributed by atoms with Crippen LogP contribution in [0, 0.1) is 0 Å². The average molecular weight is 406 g/mol. The van der Waals surface area contributed by atoms with E-state index in [1.165, 1.54) is 0 Å². The zero-order valence-electron chi connectivity index (χ0n) is 10.2. The summed E-state index contributed by atoms with van der Waals surface area (Å²) in [5.74, 6) is 0. The molecule has 0 aromatic rings. The molecule has 1 radical (unpaired) electrons. The molecule has 0 unspecified atom stereocenters. The molecular weight excluding hydrogens is 380 g/mol. The largest absolute Gasteiger partial charge is 3.00 e. The van der Waals surface area contributed by atoms with E-state index in [1.807, 2.05) is 0 Å². The topological polar surface area (TPSA) is 209 Å². The van der Waals surface area contributed by atoms with Crippen molar-refractivity contribution in [1.29, 1.82) is 0 Å². The number of nitrogens with zero attached hydrogens (tertiary/aromatic N) is 1. The van der Waals surface area contributed by atoms with Crippen LogP contribution in [0.5, 0.6) is 0 Å². The molecule has 0 saturated carbocycles. The molecule has 0 aromatic heterocycles. The van der Waals surface area contributed by atoms with Crippen LogP contribution < -0.4 is 49.6 Å². The summed E-state index contributed by atoms with van der Waals surface area (Å²) < 4.78 is 0.844. The summed E-state index contributed by atoms with van der Waals surface area (Å²) in [4.78, 5) is 0. The van der Waals surface area contributed by atoms with Gasteiger partial charge in [-0.25, -0.2) is 0 Å². The second kappa shape index (κ2) is 63.1. The van der Waals surface area contributed by atoms with E-state index in [-0.39, 0.29) is 106 Å². The second-order valence-corrected chi connectivity index (χ2v) is 2.74. The predicted octanol–water partition coefficient (Wildman–Crippen LogP) is -17.2. The fourth-order valence-corrected chi connectivity index (χ4v) is 0.300. The van der Waals surface area contributed by atoms with Crippen molar-refractivity contribution in [3.8, 4) is 0 Å². The van der Waals surface area contributed by atoms with Gasteiger partial charge in [-0.05, 0) is 0 Å². The van der Waals surface area contributed by atoms with Gasteiger partial charge in [0, 0.05) is 0 Å². The van der Waals surface area contributed by atoms with Gasteiger partial charge in [-0.1, -0.05) is 0 Å². The Labute approximate surface area is 143 Å². The Morgan fingerprint density at radius 1 is 0.667 bits per heavy atom. The van der Waals surface area contributed by atoms with E-state index < -0.39 is 0 Å². The first-order valence-electron chi connectivity index (χ1n) is 2.47.